The lowest BCUT2D eigenvalue weighted by Crippen LogP contribution is -2.36. The lowest BCUT2D eigenvalue weighted by atomic mass is 10.2. The molecule has 1 N–H and O–H groups in total. The molecular weight excluding hydrogens is 206 g/mol. The molecule has 0 heterocycles. The van der Waals surface area contributed by atoms with Crippen LogP contribution in [0, 0.1) is 5.92 Å². The second kappa shape index (κ2) is 9.49. The molecule has 15 heavy (non-hydrogen) atoms. The molecule has 2 atom stereocenters. The van der Waals surface area contributed by atoms with Gasteiger partial charge < -0.3 is 10.1 Å². The number of hydrogen-bond acceptors (Lipinski definition) is 3. The molecule has 0 rings (SSSR count). The van der Waals surface area contributed by atoms with Crippen molar-refractivity contribution in [2.75, 3.05) is 25.2 Å². The highest BCUT2D eigenvalue weighted by Gasteiger charge is 2.07. The highest BCUT2D eigenvalue weighted by Crippen LogP contribution is 2.09. The van der Waals surface area contributed by atoms with Gasteiger partial charge in [-0.15, -0.1) is 0 Å². The van der Waals surface area contributed by atoms with Gasteiger partial charge in [0.15, 0.2) is 0 Å². The minimum absolute atomic E-state index is 0.555. The van der Waals surface area contributed by atoms with Crippen molar-refractivity contribution in [3.8, 4) is 0 Å². The van der Waals surface area contributed by atoms with E-state index in [1.165, 1.54) is 11.5 Å². The summed E-state index contributed by atoms with van der Waals surface area (Å²) in [4.78, 5) is 0. The highest BCUT2D eigenvalue weighted by molar-refractivity contribution is 7.99. The molecule has 3 heteroatoms. The molecule has 0 aromatic rings. The summed E-state index contributed by atoms with van der Waals surface area (Å²) in [6, 6.07) is 1.15. The van der Waals surface area contributed by atoms with Crippen LogP contribution in [0.25, 0.3) is 0 Å². The molecule has 0 aromatic carbocycles. The molecule has 0 saturated heterocycles. The van der Waals surface area contributed by atoms with Crippen LogP contribution in [0.5, 0.6) is 0 Å². The summed E-state index contributed by atoms with van der Waals surface area (Å²) >= 11 is 2.04. The fourth-order valence-electron chi connectivity index (χ4n) is 1.39. The molecule has 0 amide bonds. The third kappa shape index (κ3) is 10.6. The van der Waals surface area contributed by atoms with E-state index in [0.29, 0.717) is 12.1 Å². The Morgan fingerprint density at radius 3 is 2.27 bits per heavy atom. The van der Waals surface area contributed by atoms with E-state index in [-0.39, 0.29) is 0 Å². The van der Waals surface area contributed by atoms with E-state index in [9.17, 15) is 0 Å². The molecule has 2 nitrogen and oxygen atoms in total. The molecule has 0 aromatic heterocycles. The fourth-order valence-corrected chi connectivity index (χ4v) is 2.45. The first-order chi connectivity index (χ1) is 7.06. The van der Waals surface area contributed by atoms with Gasteiger partial charge in [-0.3, -0.25) is 0 Å². The number of thioether (sulfide) groups is 1. The number of rotatable bonds is 9. The van der Waals surface area contributed by atoms with Crippen LogP contribution in [-0.2, 0) is 4.74 Å². The summed E-state index contributed by atoms with van der Waals surface area (Å²) in [5.41, 5.74) is 0. The Kier molecular flexibility index (Phi) is 9.66. The summed E-state index contributed by atoms with van der Waals surface area (Å²) < 4.78 is 5.06. The minimum atomic E-state index is 0.555. The molecule has 2 unspecified atom stereocenters. The van der Waals surface area contributed by atoms with Crippen molar-refractivity contribution in [3.63, 3.8) is 0 Å². The van der Waals surface area contributed by atoms with E-state index in [2.05, 4.69) is 33.0 Å². The van der Waals surface area contributed by atoms with Crippen molar-refractivity contribution in [3.05, 3.63) is 0 Å². The maximum Gasteiger partial charge on any atom is 0.0476 e. The van der Waals surface area contributed by atoms with Crippen LogP contribution in [0.2, 0.25) is 0 Å². The van der Waals surface area contributed by atoms with Gasteiger partial charge in [-0.25, -0.2) is 0 Å². The van der Waals surface area contributed by atoms with Crippen LogP contribution >= 0.6 is 11.8 Å². The van der Waals surface area contributed by atoms with E-state index >= 15 is 0 Å². The first-order valence-corrected chi connectivity index (χ1v) is 7.04. The lowest BCUT2D eigenvalue weighted by molar-refractivity contribution is 0.183. The largest absolute Gasteiger partial charge is 0.385 e. The highest BCUT2D eigenvalue weighted by atomic mass is 32.2. The Bertz CT molecular complexity index is 142. The van der Waals surface area contributed by atoms with E-state index < -0.39 is 0 Å². The van der Waals surface area contributed by atoms with Gasteiger partial charge in [0, 0.05) is 31.6 Å². The van der Waals surface area contributed by atoms with Crippen molar-refractivity contribution in [1.82, 2.24) is 5.32 Å². The number of ether oxygens (including phenoxy) is 1. The average molecular weight is 233 g/mol. The number of hydrogen-bond donors (Lipinski definition) is 1. The smallest absolute Gasteiger partial charge is 0.0476 e. The van der Waals surface area contributed by atoms with Crippen molar-refractivity contribution < 1.29 is 4.74 Å². The van der Waals surface area contributed by atoms with Gasteiger partial charge in [-0.05, 0) is 31.9 Å². The van der Waals surface area contributed by atoms with Gasteiger partial charge >= 0.3 is 0 Å². The van der Waals surface area contributed by atoms with Crippen molar-refractivity contribution in [2.24, 2.45) is 5.92 Å². The Morgan fingerprint density at radius 1 is 1.07 bits per heavy atom. The molecule has 0 aliphatic carbocycles. The molecule has 0 fully saturated rings. The van der Waals surface area contributed by atoms with E-state index in [1.54, 1.807) is 7.11 Å². The lowest BCUT2D eigenvalue weighted by Gasteiger charge is -2.19. The predicted octanol–water partition coefficient (Wildman–Crippen LogP) is 2.78. The first-order valence-electron chi connectivity index (χ1n) is 5.89. The van der Waals surface area contributed by atoms with Gasteiger partial charge in [0.05, 0.1) is 0 Å². The normalized spacial score (nSPS) is 15.6. The summed E-state index contributed by atoms with van der Waals surface area (Å²) in [6.45, 7) is 9.87. The third-order valence-electron chi connectivity index (χ3n) is 2.14. The zero-order chi connectivity index (χ0) is 11.7. The van der Waals surface area contributed by atoms with E-state index in [4.69, 9.17) is 4.74 Å². The van der Waals surface area contributed by atoms with Gasteiger partial charge in [0.25, 0.3) is 0 Å². The van der Waals surface area contributed by atoms with Gasteiger partial charge in [-0.2, -0.15) is 11.8 Å². The molecule has 0 bridgehead atoms. The maximum atomic E-state index is 5.06. The average Bonchev–Trinajstić information content (AvgIpc) is 2.14. The molecule has 0 aliphatic rings. The van der Waals surface area contributed by atoms with Gasteiger partial charge in [0.1, 0.15) is 0 Å². The molecule has 0 radical (unpaired) electrons. The predicted molar refractivity (Wildman–Crippen MR) is 70.7 cm³/mol. The third-order valence-corrected chi connectivity index (χ3v) is 3.78. The van der Waals surface area contributed by atoms with Crippen LogP contribution < -0.4 is 5.32 Å². The monoisotopic (exact) mass is 233 g/mol. The van der Waals surface area contributed by atoms with Crippen molar-refractivity contribution in [2.45, 2.75) is 46.2 Å². The van der Waals surface area contributed by atoms with E-state index in [0.717, 1.165) is 18.9 Å². The summed E-state index contributed by atoms with van der Waals surface area (Å²) in [5.74, 6) is 3.27. The fraction of sp³-hybridized carbons (Fsp3) is 1.00. The second-order valence-corrected chi connectivity index (χ2v) is 5.76. The molecule has 92 valence electrons. The topological polar surface area (TPSA) is 21.3 Å². The molecule has 0 saturated carbocycles. The summed E-state index contributed by atoms with van der Waals surface area (Å²) in [6.07, 6.45) is 1.09. The summed E-state index contributed by atoms with van der Waals surface area (Å²) in [5, 5.41) is 3.59. The van der Waals surface area contributed by atoms with Crippen molar-refractivity contribution in [1.29, 1.82) is 0 Å². The van der Waals surface area contributed by atoms with Gasteiger partial charge in [0.2, 0.25) is 0 Å². The Balaban J connectivity index is 3.42. The molecule has 0 aliphatic heterocycles. The number of nitrogens with one attached hydrogen (secondary N) is 1. The molecule has 0 spiro atoms. The zero-order valence-electron chi connectivity index (χ0n) is 10.9. The van der Waals surface area contributed by atoms with Crippen LogP contribution in [0.4, 0.5) is 0 Å². The summed E-state index contributed by atoms with van der Waals surface area (Å²) in [7, 11) is 1.76. The standard InChI is InChI=1S/C12H27NOS/c1-10(2)8-15-9-12(4)13-11(3)6-7-14-5/h10-13H,6-9H2,1-5H3. The second-order valence-electron chi connectivity index (χ2n) is 4.68. The van der Waals surface area contributed by atoms with Crippen molar-refractivity contribution >= 4 is 11.8 Å². The molecular formula is C12H27NOS. The van der Waals surface area contributed by atoms with E-state index in [1.807, 2.05) is 11.8 Å². The maximum absolute atomic E-state index is 5.06. The first kappa shape index (κ1) is 15.3. The van der Waals surface area contributed by atoms with Gasteiger partial charge in [-0.1, -0.05) is 13.8 Å². The SMILES string of the molecule is COCCC(C)NC(C)CSCC(C)C. The van der Waals surface area contributed by atoms with Crippen LogP contribution in [0.3, 0.4) is 0 Å². The number of methoxy groups -OCH3 is 1. The Morgan fingerprint density at radius 2 is 1.73 bits per heavy atom. The Hall–Kier alpha value is 0.270. The van der Waals surface area contributed by atoms with Crippen LogP contribution in [-0.4, -0.2) is 37.3 Å². The zero-order valence-corrected chi connectivity index (χ0v) is 11.7. The Labute approximate surface area is 99.5 Å². The minimum Gasteiger partial charge on any atom is -0.385 e. The van der Waals surface area contributed by atoms with Crippen LogP contribution in [0.15, 0.2) is 0 Å². The quantitative estimate of drug-likeness (QED) is 0.662. The van der Waals surface area contributed by atoms with Crippen LogP contribution in [0.1, 0.15) is 34.1 Å².